The molecule has 0 saturated heterocycles. The van der Waals surface area contributed by atoms with E-state index in [0.29, 0.717) is 9.37 Å². The lowest BCUT2D eigenvalue weighted by atomic mass is 10.2. The van der Waals surface area contributed by atoms with E-state index in [2.05, 4.69) is 15.9 Å². The van der Waals surface area contributed by atoms with Crippen LogP contribution in [-0.2, 0) is 10.0 Å². The zero-order chi connectivity index (χ0) is 13.9. The van der Waals surface area contributed by atoms with Gasteiger partial charge < -0.3 is 0 Å². The highest BCUT2D eigenvalue weighted by molar-refractivity contribution is 9.10. The van der Waals surface area contributed by atoms with Crippen molar-refractivity contribution in [3.8, 4) is 0 Å². The molecule has 0 aliphatic rings. The molecular weight excluding hydrogens is 314 g/mol. The molecule has 0 aliphatic heterocycles. The Kier molecular flexibility index (Phi) is 5.37. The molecule has 0 N–H and O–H groups in total. The zero-order valence-corrected chi connectivity index (χ0v) is 13.7. The Morgan fingerprint density at radius 3 is 2.28 bits per heavy atom. The van der Waals surface area contributed by atoms with Gasteiger partial charge in [-0.15, -0.1) is 0 Å². The van der Waals surface area contributed by atoms with Crippen LogP contribution in [0, 0.1) is 6.92 Å². The van der Waals surface area contributed by atoms with Crippen molar-refractivity contribution >= 4 is 26.0 Å². The summed E-state index contributed by atoms with van der Waals surface area (Å²) in [4.78, 5) is 0.336. The van der Waals surface area contributed by atoms with Crippen molar-refractivity contribution in [3.05, 3.63) is 28.2 Å². The maximum atomic E-state index is 12.5. The number of hydrogen-bond acceptors (Lipinski definition) is 2. The van der Waals surface area contributed by atoms with Crippen LogP contribution in [-0.4, -0.2) is 25.8 Å². The molecule has 1 aromatic rings. The molecule has 0 spiro atoms. The summed E-state index contributed by atoms with van der Waals surface area (Å²) >= 11 is 3.34. The summed E-state index contributed by atoms with van der Waals surface area (Å²) in [6.07, 6.45) is 1.63. The second kappa shape index (κ2) is 6.17. The highest BCUT2D eigenvalue weighted by atomic mass is 79.9. The van der Waals surface area contributed by atoms with E-state index < -0.39 is 10.0 Å². The summed E-state index contributed by atoms with van der Waals surface area (Å²) in [6, 6.07) is 5.35. The van der Waals surface area contributed by atoms with Gasteiger partial charge in [-0.1, -0.05) is 19.9 Å². The Balaban J connectivity index is 3.21. The molecule has 0 aliphatic carbocycles. The number of aryl methyl sites for hydroxylation is 1. The molecule has 0 amide bonds. The lowest BCUT2D eigenvalue weighted by molar-refractivity contribution is 0.349. The molecule has 1 aromatic carbocycles. The molecule has 0 heterocycles. The molecule has 102 valence electrons. The molecule has 3 nitrogen and oxygen atoms in total. The fraction of sp³-hybridized carbons (Fsp3) is 0.538. The molecule has 18 heavy (non-hydrogen) atoms. The third kappa shape index (κ3) is 3.13. The predicted molar refractivity (Wildman–Crippen MR) is 78.2 cm³/mol. The normalized spacial score (nSPS) is 12.4. The maximum Gasteiger partial charge on any atom is 0.244 e. The summed E-state index contributed by atoms with van der Waals surface area (Å²) in [5.41, 5.74) is 1.03. The third-order valence-electron chi connectivity index (χ3n) is 3.20. The van der Waals surface area contributed by atoms with Gasteiger partial charge in [0.25, 0.3) is 0 Å². The van der Waals surface area contributed by atoms with Gasteiger partial charge in [-0.2, -0.15) is 4.31 Å². The minimum atomic E-state index is -3.42. The van der Waals surface area contributed by atoms with Crippen molar-refractivity contribution < 1.29 is 8.42 Å². The summed E-state index contributed by atoms with van der Waals surface area (Å²) in [5.74, 6) is 0. The SMILES string of the molecule is CCC(CC)N(C)S(=O)(=O)c1ccc(C)cc1Br. The van der Waals surface area contributed by atoms with Gasteiger partial charge in [-0.3, -0.25) is 0 Å². The van der Waals surface area contributed by atoms with E-state index in [1.165, 1.54) is 4.31 Å². The first-order chi connectivity index (χ1) is 8.34. The first-order valence-corrected chi connectivity index (χ1v) is 8.32. The Morgan fingerprint density at radius 2 is 1.83 bits per heavy atom. The molecule has 5 heteroatoms. The third-order valence-corrected chi connectivity index (χ3v) is 6.09. The van der Waals surface area contributed by atoms with Crippen LogP contribution in [0.2, 0.25) is 0 Å². The number of halogens is 1. The monoisotopic (exact) mass is 333 g/mol. The van der Waals surface area contributed by atoms with E-state index >= 15 is 0 Å². The molecule has 0 unspecified atom stereocenters. The number of nitrogens with zero attached hydrogens (tertiary/aromatic N) is 1. The molecule has 0 aromatic heterocycles. The Morgan fingerprint density at radius 1 is 1.28 bits per heavy atom. The standard InChI is InChI=1S/C13H20BrNO2S/c1-5-11(6-2)15(4)18(16,17)13-8-7-10(3)9-12(13)14/h7-9,11H,5-6H2,1-4H3. The average Bonchev–Trinajstić information content (AvgIpc) is 2.29. The lowest BCUT2D eigenvalue weighted by Gasteiger charge is -2.26. The van der Waals surface area contributed by atoms with Crippen molar-refractivity contribution in [1.29, 1.82) is 0 Å². The second-order valence-corrected chi connectivity index (χ2v) is 7.25. The molecular formula is C13H20BrNO2S. The molecule has 0 saturated carbocycles. The summed E-state index contributed by atoms with van der Waals surface area (Å²) in [6.45, 7) is 5.94. The summed E-state index contributed by atoms with van der Waals surface area (Å²) in [7, 11) is -1.77. The Labute approximate surface area is 118 Å². The first kappa shape index (κ1) is 15.7. The summed E-state index contributed by atoms with van der Waals surface area (Å²) < 4.78 is 27.1. The van der Waals surface area contributed by atoms with Gasteiger partial charge in [-0.05, 0) is 53.4 Å². The predicted octanol–water partition coefficient (Wildman–Crippen LogP) is 3.57. The van der Waals surface area contributed by atoms with Crippen LogP contribution in [0.25, 0.3) is 0 Å². The Hall–Kier alpha value is -0.390. The number of benzene rings is 1. The summed E-state index contributed by atoms with van der Waals surface area (Å²) in [5, 5.41) is 0. The van der Waals surface area contributed by atoms with Gasteiger partial charge in [0.2, 0.25) is 10.0 Å². The van der Waals surface area contributed by atoms with Crippen LogP contribution in [0.5, 0.6) is 0 Å². The van der Waals surface area contributed by atoms with Gasteiger partial charge >= 0.3 is 0 Å². The number of sulfonamides is 1. The maximum absolute atomic E-state index is 12.5. The van der Waals surface area contributed by atoms with Crippen LogP contribution in [0.4, 0.5) is 0 Å². The highest BCUT2D eigenvalue weighted by Gasteiger charge is 2.27. The van der Waals surface area contributed by atoms with Crippen LogP contribution in [0.3, 0.4) is 0 Å². The molecule has 1 rings (SSSR count). The van der Waals surface area contributed by atoms with Crippen molar-refractivity contribution in [2.75, 3.05) is 7.05 Å². The van der Waals surface area contributed by atoms with Crippen LogP contribution in [0.15, 0.2) is 27.6 Å². The minimum absolute atomic E-state index is 0.0446. The zero-order valence-electron chi connectivity index (χ0n) is 11.3. The highest BCUT2D eigenvalue weighted by Crippen LogP contribution is 2.27. The van der Waals surface area contributed by atoms with E-state index in [-0.39, 0.29) is 6.04 Å². The number of hydrogen-bond donors (Lipinski definition) is 0. The van der Waals surface area contributed by atoms with Crippen LogP contribution in [0.1, 0.15) is 32.3 Å². The molecule has 0 atom stereocenters. The fourth-order valence-corrected chi connectivity index (χ4v) is 4.62. The quantitative estimate of drug-likeness (QED) is 0.826. The van der Waals surface area contributed by atoms with Crippen LogP contribution < -0.4 is 0 Å². The first-order valence-electron chi connectivity index (χ1n) is 6.08. The molecule has 0 fully saturated rings. The average molecular weight is 334 g/mol. The van der Waals surface area contributed by atoms with Crippen molar-refractivity contribution in [3.63, 3.8) is 0 Å². The molecule has 0 bridgehead atoms. The van der Waals surface area contributed by atoms with Gasteiger partial charge in [0.05, 0.1) is 4.90 Å². The van der Waals surface area contributed by atoms with E-state index in [9.17, 15) is 8.42 Å². The van der Waals surface area contributed by atoms with E-state index in [0.717, 1.165) is 18.4 Å². The van der Waals surface area contributed by atoms with E-state index in [4.69, 9.17) is 0 Å². The largest absolute Gasteiger partial charge is 0.244 e. The molecule has 0 radical (unpaired) electrons. The van der Waals surface area contributed by atoms with Gasteiger partial charge in [0, 0.05) is 17.6 Å². The van der Waals surface area contributed by atoms with Crippen LogP contribution >= 0.6 is 15.9 Å². The topological polar surface area (TPSA) is 37.4 Å². The van der Waals surface area contributed by atoms with Gasteiger partial charge in [-0.25, -0.2) is 8.42 Å². The lowest BCUT2D eigenvalue weighted by Crippen LogP contribution is -2.36. The Bertz CT molecular complexity index is 510. The number of rotatable bonds is 5. The van der Waals surface area contributed by atoms with E-state index in [1.807, 2.05) is 32.9 Å². The second-order valence-electron chi connectivity index (χ2n) is 4.43. The smallest absolute Gasteiger partial charge is 0.207 e. The van der Waals surface area contributed by atoms with Crippen molar-refractivity contribution in [2.45, 2.75) is 44.6 Å². The van der Waals surface area contributed by atoms with Gasteiger partial charge in [0.15, 0.2) is 0 Å². The fourth-order valence-electron chi connectivity index (χ4n) is 1.97. The van der Waals surface area contributed by atoms with Crippen molar-refractivity contribution in [2.24, 2.45) is 0 Å². The van der Waals surface area contributed by atoms with E-state index in [1.54, 1.807) is 13.1 Å². The van der Waals surface area contributed by atoms with Gasteiger partial charge in [0.1, 0.15) is 0 Å². The van der Waals surface area contributed by atoms with Crippen molar-refractivity contribution in [1.82, 2.24) is 4.31 Å². The minimum Gasteiger partial charge on any atom is -0.207 e.